The minimum Gasteiger partial charge on any atom is -0.319 e. The number of halogens is 3. The Morgan fingerprint density at radius 1 is 1.06 bits per heavy atom. The summed E-state index contributed by atoms with van der Waals surface area (Å²) < 4.78 is 41.2. The maximum Gasteiger partial charge on any atom is 0.416 e. The topological polar surface area (TPSA) is 71.4 Å². The van der Waals surface area contributed by atoms with Crippen LogP contribution in [0.15, 0.2) is 54.6 Å². The summed E-state index contributed by atoms with van der Waals surface area (Å²) >= 11 is 0. The number of alkyl halides is 3. The molecule has 0 radical (unpaired) electrons. The Labute approximate surface area is 199 Å². The van der Waals surface area contributed by atoms with E-state index in [1.54, 1.807) is 24.5 Å². The minimum atomic E-state index is -4.50. The van der Waals surface area contributed by atoms with Crippen LogP contribution in [0.5, 0.6) is 0 Å². The number of benzene rings is 2. The summed E-state index contributed by atoms with van der Waals surface area (Å²) in [7, 11) is 0. The van der Waals surface area contributed by atoms with Crippen molar-refractivity contribution in [1.29, 1.82) is 0 Å². The molecule has 9 heteroatoms. The van der Waals surface area contributed by atoms with E-state index in [9.17, 15) is 27.6 Å². The van der Waals surface area contributed by atoms with Crippen molar-refractivity contribution in [3.05, 3.63) is 88.2 Å². The fraction of sp³-hybridized carbons (Fsp3) is 0.269. The van der Waals surface area contributed by atoms with Gasteiger partial charge in [0, 0.05) is 22.6 Å². The van der Waals surface area contributed by atoms with Crippen LogP contribution in [0, 0.1) is 13.8 Å². The highest BCUT2D eigenvalue weighted by atomic mass is 19.4. The van der Waals surface area contributed by atoms with Gasteiger partial charge in [-0.05, 0) is 62.1 Å². The van der Waals surface area contributed by atoms with Crippen molar-refractivity contribution < 1.29 is 27.6 Å². The quantitative estimate of drug-likeness (QED) is 0.434. The Hall–Kier alpha value is -3.88. The first-order chi connectivity index (χ1) is 16.5. The second-order valence-corrected chi connectivity index (χ2v) is 8.98. The number of urea groups is 1. The van der Waals surface area contributed by atoms with Crippen LogP contribution in [-0.4, -0.2) is 33.7 Å². The van der Waals surface area contributed by atoms with Crippen molar-refractivity contribution in [2.24, 2.45) is 0 Å². The number of nitrogens with zero attached hydrogens (tertiary/aromatic N) is 2. The van der Waals surface area contributed by atoms with Crippen LogP contribution in [-0.2, 0) is 22.9 Å². The van der Waals surface area contributed by atoms with E-state index in [4.69, 9.17) is 0 Å². The molecule has 1 aliphatic carbocycles. The van der Waals surface area contributed by atoms with Crippen LogP contribution in [0.4, 0.5) is 18.0 Å². The molecule has 6 nitrogen and oxygen atoms in total. The summed E-state index contributed by atoms with van der Waals surface area (Å²) in [6, 6.07) is 13.2. The van der Waals surface area contributed by atoms with Crippen molar-refractivity contribution in [2.75, 3.05) is 6.54 Å². The first-order valence-electron chi connectivity index (χ1n) is 11.2. The normalized spacial score (nSPS) is 19.4. The van der Waals surface area contributed by atoms with E-state index in [1.165, 1.54) is 12.1 Å². The van der Waals surface area contributed by atoms with Gasteiger partial charge >= 0.3 is 12.2 Å². The second kappa shape index (κ2) is 7.83. The van der Waals surface area contributed by atoms with Crippen molar-refractivity contribution in [3.63, 3.8) is 0 Å². The minimum absolute atomic E-state index is 0.244. The van der Waals surface area contributed by atoms with E-state index in [-0.39, 0.29) is 11.3 Å². The van der Waals surface area contributed by atoms with Crippen molar-refractivity contribution >= 4 is 17.7 Å². The summed E-state index contributed by atoms with van der Waals surface area (Å²) in [5.41, 5.74) is 1.27. The molecule has 0 saturated carbocycles. The Morgan fingerprint density at radius 3 is 2.54 bits per heavy atom. The SMILES string of the molecule is Cc1cc(C(=O)CN2C(=O)N[C@]3(CCc4ccccc43)C2=O)c(C)n1-c1cccc(C(F)(F)F)c1. The number of rotatable bonds is 4. The van der Waals surface area contributed by atoms with Gasteiger partial charge in [-0.1, -0.05) is 30.3 Å². The van der Waals surface area contributed by atoms with E-state index in [0.717, 1.165) is 28.2 Å². The Morgan fingerprint density at radius 2 is 1.80 bits per heavy atom. The number of carbonyl (C=O) groups is 3. The lowest BCUT2D eigenvalue weighted by atomic mass is 9.92. The Balaban J connectivity index is 1.43. The molecule has 1 saturated heterocycles. The van der Waals surface area contributed by atoms with Gasteiger partial charge in [0.2, 0.25) is 0 Å². The van der Waals surface area contributed by atoms with E-state index < -0.39 is 41.5 Å². The monoisotopic (exact) mass is 481 g/mol. The third kappa shape index (κ3) is 3.53. The first kappa shape index (κ1) is 22.9. The van der Waals surface area contributed by atoms with Gasteiger partial charge in [0.25, 0.3) is 5.91 Å². The molecule has 0 unspecified atom stereocenters. The molecule has 1 aromatic heterocycles. The predicted molar refractivity (Wildman–Crippen MR) is 121 cm³/mol. The average molecular weight is 481 g/mol. The summed E-state index contributed by atoms with van der Waals surface area (Å²) in [5.74, 6) is -0.935. The number of aryl methyl sites for hydroxylation is 2. The zero-order valence-corrected chi connectivity index (χ0v) is 19.1. The standard InChI is InChI=1S/C26H22F3N3O3/c1-15-12-20(16(2)32(15)19-8-5-7-18(13-19)26(27,28)29)22(33)14-31-23(34)25(30-24(31)35)11-10-17-6-3-4-9-21(17)25/h3-9,12-13H,10-11,14H2,1-2H3,(H,30,35)/t25-/m0/s1. The lowest BCUT2D eigenvalue weighted by Crippen LogP contribution is -2.42. The van der Waals surface area contributed by atoms with Crippen LogP contribution in [0.3, 0.4) is 0 Å². The lowest BCUT2D eigenvalue weighted by Gasteiger charge is -2.22. The fourth-order valence-electron chi connectivity index (χ4n) is 5.23. The largest absolute Gasteiger partial charge is 0.416 e. The van der Waals surface area contributed by atoms with Crippen LogP contribution in [0.25, 0.3) is 5.69 Å². The zero-order chi connectivity index (χ0) is 25.1. The van der Waals surface area contributed by atoms with Gasteiger partial charge in [0.15, 0.2) is 5.78 Å². The third-order valence-electron chi connectivity index (χ3n) is 6.89. The van der Waals surface area contributed by atoms with Crippen LogP contribution < -0.4 is 5.32 Å². The zero-order valence-electron chi connectivity index (χ0n) is 19.1. The van der Waals surface area contributed by atoms with E-state index in [0.29, 0.717) is 24.2 Å². The molecule has 0 bridgehead atoms. The first-order valence-corrected chi connectivity index (χ1v) is 11.2. The number of hydrogen-bond donors (Lipinski definition) is 1. The van der Waals surface area contributed by atoms with E-state index in [1.807, 2.05) is 24.3 Å². The Bertz CT molecular complexity index is 1390. The van der Waals surface area contributed by atoms with Gasteiger partial charge in [-0.25, -0.2) is 4.79 Å². The summed E-state index contributed by atoms with van der Waals surface area (Å²) in [5, 5.41) is 2.79. The highest BCUT2D eigenvalue weighted by molar-refractivity contribution is 6.12. The highest BCUT2D eigenvalue weighted by Gasteiger charge is 2.55. The maximum absolute atomic E-state index is 13.4. The van der Waals surface area contributed by atoms with Gasteiger partial charge in [0.1, 0.15) is 5.54 Å². The number of imide groups is 1. The fourth-order valence-corrected chi connectivity index (χ4v) is 5.23. The molecule has 1 N–H and O–H groups in total. The van der Waals surface area contributed by atoms with Crippen molar-refractivity contribution in [2.45, 2.75) is 38.4 Å². The molecular weight excluding hydrogens is 459 g/mol. The summed E-state index contributed by atoms with van der Waals surface area (Å²) in [6.07, 6.45) is -3.43. The van der Waals surface area contributed by atoms with Gasteiger partial charge in [-0.3, -0.25) is 14.5 Å². The van der Waals surface area contributed by atoms with Gasteiger partial charge in [-0.2, -0.15) is 13.2 Å². The molecule has 2 aliphatic rings. The van der Waals surface area contributed by atoms with Crippen LogP contribution in [0.1, 0.15) is 44.9 Å². The maximum atomic E-state index is 13.4. The molecule has 1 aliphatic heterocycles. The Kier molecular flexibility index (Phi) is 5.12. The molecule has 3 amide bonds. The number of Topliss-reactive ketones (excluding diaryl/α,β-unsaturated/α-hetero) is 1. The second-order valence-electron chi connectivity index (χ2n) is 8.98. The molecule has 1 fully saturated rings. The van der Waals surface area contributed by atoms with Crippen LogP contribution in [0.2, 0.25) is 0 Å². The van der Waals surface area contributed by atoms with E-state index in [2.05, 4.69) is 5.32 Å². The number of fused-ring (bicyclic) bond motifs is 2. The molecule has 3 aromatic rings. The molecular formula is C26H22F3N3O3. The van der Waals surface area contributed by atoms with E-state index >= 15 is 0 Å². The number of aromatic nitrogens is 1. The lowest BCUT2D eigenvalue weighted by molar-refractivity contribution is -0.137. The van der Waals surface area contributed by atoms with Gasteiger partial charge in [0.05, 0.1) is 12.1 Å². The highest BCUT2D eigenvalue weighted by Crippen LogP contribution is 2.41. The number of nitrogens with one attached hydrogen (secondary N) is 1. The predicted octanol–water partition coefficient (Wildman–Crippen LogP) is 4.69. The van der Waals surface area contributed by atoms with Crippen LogP contribution >= 0.6 is 0 Å². The third-order valence-corrected chi connectivity index (χ3v) is 6.89. The van der Waals surface area contributed by atoms with Crippen molar-refractivity contribution in [3.8, 4) is 5.69 Å². The molecule has 2 heterocycles. The number of hydrogen-bond acceptors (Lipinski definition) is 3. The van der Waals surface area contributed by atoms with Crippen molar-refractivity contribution in [1.82, 2.24) is 14.8 Å². The number of carbonyl (C=O) groups excluding carboxylic acids is 3. The number of amides is 3. The summed E-state index contributed by atoms with van der Waals surface area (Å²) in [4.78, 5) is 40.3. The molecule has 5 rings (SSSR count). The molecule has 1 atom stereocenters. The average Bonchev–Trinajstić information content (AvgIpc) is 3.41. The number of ketones is 1. The molecule has 180 valence electrons. The molecule has 1 spiro atoms. The smallest absolute Gasteiger partial charge is 0.319 e. The summed E-state index contributed by atoms with van der Waals surface area (Å²) in [6.45, 7) is 2.85. The molecule has 35 heavy (non-hydrogen) atoms. The van der Waals surface area contributed by atoms with Gasteiger partial charge < -0.3 is 9.88 Å². The van der Waals surface area contributed by atoms with Gasteiger partial charge in [-0.15, -0.1) is 0 Å². The molecule has 2 aromatic carbocycles.